The number of halogens is 3. The van der Waals surface area contributed by atoms with Crippen LogP contribution in [0.3, 0.4) is 0 Å². The highest BCUT2D eigenvalue weighted by Crippen LogP contribution is 2.27. The zero-order valence-electron chi connectivity index (χ0n) is 16.6. The summed E-state index contributed by atoms with van der Waals surface area (Å²) in [6.45, 7) is 1.82. The van der Waals surface area contributed by atoms with E-state index >= 15 is 0 Å². The number of ether oxygens (including phenoxy) is 2. The summed E-state index contributed by atoms with van der Waals surface area (Å²) in [5.41, 5.74) is 7.99. The fraction of sp³-hybridized carbons (Fsp3) is 0.409. The fourth-order valence-corrected chi connectivity index (χ4v) is 3.48. The predicted octanol–water partition coefficient (Wildman–Crippen LogP) is 4.55. The van der Waals surface area contributed by atoms with Gasteiger partial charge >= 0.3 is 6.36 Å². The third kappa shape index (κ3) is 7.26. The van der Waals surface area contributed by atoms with E-state index in [1.165, 1.54) is 24.3 Å². The smallest absolute Gasteiger partial charge is 0.406 e. The Kier molecular flexibility index (Phi) is 7.57. The van der Waals surface area contributed by atoms with Gasteiger partial charge in [-0.05, 0) is 48.4 Å². The molecule has 3 N–H and O–H groups in total. The molecule has 2 aromatic carbocycles. The third-order valence-corrected chi connectivity index (χ3v) is 5.02. The lowest BCUT2D eigenvalue weighted by molar-refractivity contribution is -0.274. The van der Waals surface area contributed by atoms with Gasteiger partial charge in [0.25, 0.3) is 0 Å². The van der Waals surface area contributed by atoms with E-state index in [1.807, 2.05) is 18.2 Å². The minimum absolute atomic E-state index is 0.0283. The van der Waals surface area contributed by atoms with Gasteiger partial charge in [0.05, 0.1) is 12.6 Å². The molecule has 8 heteroatoms. The summed E-state index contributed by atoms with van der Waals surface area (Å²) >= 11 is 0. The highest BCUT2D eigenvalue weighted by molar-refractivity contribution is 5.78. The summed E-state index contributed by atoms with van der Waals surface area (Å²) in [5.74, 6) is 0.582. The standard InChI is InChI=1S/C22H26F3N3O2/c23-22(24,25)30-19-8-6-17(7-9-19)15-27-21(26)28-20(18-4-2-1-3-5-18)14-16-10-12-29-13-11-16/h1-9,16,20H,10-15H2,(H3,26,27,28). The van der Waals surface area contributed by atoms with Crippen molar-refractivity contribution < 1.29 is 22.6 Å². The maximum absolute atomic E-state index is 12.2. The minimum atomic E-state index is -4.70. The zero-order chi connectivity index (χ0) is 21.4. The molecule has 0 aromatic heterocycles. The Morgan fingerprint density at radius 3 is 2.40 bits per heavy atom. The summed E-state index contributed by atoms with van der Waals surface area (Å²) in [4.78, 5) is 4.35. The molecule has 1 fully saturated rings. The van der Waals surface area contributed by atoms with E-state index in [9.17, 15) is 13.2 Å². The van der Waals surface area contributed by atoms with E-state index in [4.69, 9.17) is 10.5 Å². The number of aliphatic imine (C=N–C) groups is 1. The fourth-order valence-electron chi connectivity index (χ4n) is 3.48. The molecule has 0 radical (unpaired) electrons. The first-order valence-corrected chi connectivity index (χ1v) is 9.93. The molecule has 1 heterocycles. The largest absolute Gasteiger partial charge is 0.573 e. The van der Waals surface area contributed by atoms with E-state index < -0.39 is 6.36 Å². The van der Waals surface area contributed by atoms with Crippen LogP contribution < -0.4 is 15.8 Å². The molecular weight excluding hydrogens is 395 g/mol. The molecule has 1 aliphatic heterocycles. The minimum Gasteiger partial charge on any atom is -0.406 e. The maximum Gasteiger partial charge on any atom is 0.573 e. The Morgan fingerprint density at radius 2 is 1.77 bits per heavy atom. The zero-order valence-corrected chi connectivity index (χ0v) is 16.6. The van der Waals surface area contributed by atoms with Crippen molar-refractivity contribution in [2.24, 2.45) is 16.6 Å². The van der Waals surface area contributed by atoms with Crippen LogP contribution in [0.25, 0.3) is 0 Å². The summed E-state index contributed by atoms with van der Waals surface area (Å²) in [5, 5.41) is 3.31. The Morgan fingerprint density at radius 1 is 1.10 bits per heavy atom. The molecule has 5 nitrogen and oxygen atoms in total. The van der Waals surface area contributed by atoms with Gasteiger partial charge in [0.1, 0.15) is 5.75 Å². The van der Waals surface area contributed by atoms with Crippen LogP contribution >= 0.6 is 0 Å². The lowest BCUT2D eigenvalue weighted by atomic mass is 9.89. The number of rotatable bonds is 7. The Hall–Kier alpha value is -2.74. The molecule has 0 amide bonds. The molecule has 1 atom stereocenters. The predicted molar refractivity (Wildman–Crippen MR) is 109 cm³/mol. The summed E-state index contributed by atoms with van der Waals surface area (Å²) < 4.78 is 46.1. The molecular formula is C22H26F3N3O2. The van der Waals surface area contributed by atoms with Gasteiger partial charge < -0.3 is 20.5 Å². The highest BCUT2D eigenvalue weighted by Gasteiger charge is 2.30. The average Bonchev–Trinajstić information content (AvgIpc) is 2.73. The lowest BCUT2D eigenvalue weighted by Crippen LogP contribution is -2.36. The van der Waals surface area contributed by atoms with E-state index in [0.29, 0.717) is 11.9 Å². The molecule has 1 aliphatic rings. The summed E-state index contributed by atoms with van der Waals surface area (Å²) in [7, 11) is 0. The first-order chi connectivity index (χ1) is 14.4. The Bertz CT molecular complexity index is 805. The second kappa shape index (κ2) is 10.3. The van der Waals surface area contributed by atoms with Gasteiger partial charge in [-0.15, -0.1) is 13.2 Å². The van der Waals surface area contributed by atoms with Crippen LogP contribution in [0.5, 0.6) is 5.75 Å². The normalized spacial score (nSPS) is 16.8. The first kappa shape index (κ1) is 22.0. The molecule has 1 saturated heterocycles. The quantitative estimate of drug-likeness (QED) is 0.509. The number of hydrogen-bond acceptors (Lipinski definition) is 3. The van der Waals surface area contributed by atoms with Crippen molar-refractivity contribution in [2.45, 2.75) is 38.2 Å². The second-order valence-electron chi connectivity index (χ2n) is 7.29. The second-order valence-corrected chi connectivity index (χ2v) is 7.29. The third-order valence-electron chi connectivity index (χ3n) is 5.02. The van der Waals surface area contributed by atoms with Crippen LogP contribution in [0.15, 0.2) is 59.6 Å². The molecule has 3 rings (SSSR count). The highest BCUT2D eigenvalue weighted by atomic mass is 19.4. The van der Waals surface area contributed by atoms with Crippen molar-refractivity contribution >= 4 is 5.96 Å². The molecule has 0 saturated carbocycles. The van der Waals surface area contributed by atoms with Crippen molar-refractivity contribution in [1.82, 2.24) is 5.32 Å². The summed E-state index contributed by atoms with van der Waals surface area (Å²) in [6.07, 6.45) is -1.74. The summed E-state index contributed by atoms with van der Waals surface area (Å²) in [6, 6.07) is 15.7. The topological polar surface area (TPSA) is 68.9 Å². The number of nitrogens with zero attached hydrogens (tertiary/aromatic N) is 1. The molecule has 2 aromatic rings. The monoisotopic (exact) mass is 421 g/mol. The van der Waals surface area contributed by atoms with Gasteiger partial charge in [-0.2, -0.15) is 0 Å². The van der Waals surface area contributed by atoms with Crippen LogP contribution in [0, 0.1) is 5.92 Å². The van der Waals surface area contributed by atoms with Crippen molar-refractivity contribution in [3.8, 4) is 5.75 Å². The van der Waals surface area contributed by atoms with E-state index in [0.717, 1.165) is 43.6 Å². The number of guanidine groups is 1. The van der Waals surface area contributed by atoms with Crippen molar-refractivity contribution in [3.05, 3.63) is 65.7 Å². The molecule has 0 bridgehead atoms. The maximum atomic E-state index is 12.2. The van der Waals surface area contributed by atoms with Gasteiger partial charge in [0.2, 0.25) is 0 Å². The van der Waals surface area contributed by atoms with Gasteiger partial charge in [-0.1, -0.05) is 42.5 Å². The van der Waals surface area contributed by atoms with Gasteiger partial charge in [0.15, 0.2) is 5.96 Å². The first-order valence-electron chi connectivity index (χ1n) is 9.93. The molecule has 1 unspecified atom stereocenters. The Balaban J connectivity index is 1.61. The van der Waals surface area contributed by atoms with Crippen LogP contribution in [0.4, 0.5) is 13.2 Å². The van der Waals surface area contributed by atoms with Crippen LogP contribution in [-0.4, -0.2) is 25.5 Å². The van der Waals surface area contributed by atoms with Crippen molar-refractivity contribution in [2.75, 3.05) is 13.2 Å². The van der Waals surface area contributed by atoms with Gasteiger partial charge in [0, 0.05) is 13.2 Å². The van der Waals surface area contributed by atoms with Gasteiger partial charge in [-0.25, -0.2) is 4.99 Å². The number of hydrogen-bond donors (Lipinski definition) is 2. The van der Waals surface area contributed by atoms with Crippen LogP contribution in [0.2, 0.25) is 0 Å². The Labute approximate surface area is 174 Å². The van der Waals surface area contributed by atoms with Crippen molar-refractivity contribution in [1.29, 1.82) is 0 Å². The molecule has 0 spiro atoms. The number of nitrogens with one attached hydrogen (secondary N) is 1. The average molecular weight is 421 g/mol. The number of benzene rings is 2. The number of alkyl halides is 3. The van der Waals surface area contributed by atoms with E-state index in [2.05, 4.69) is 27.2 Å². The number of nitrogens with two attached hydrogens (primary N) is 1. The van der Waals surface area contributed by atoms with E-state index in [-0.39, 0.29) is 18.3 Å². The lowest BCUT2D eigenvalue weighted by Gasteiger charge is -2.28. The van der Waals surface area contributed by atoms with E-state index in [1.54, 1.807) is 0 Å². The SMILES string of the molecule is NC(=NCc1ccc(OC(F)(F)F)cc1)NC(CC1CCOCC1)c1ccccc1. The molecule has 162 valence electrons. The van der Waals surface area contributed by atoms with Crippen molar-refractivity contribution in [3.63, 3.8) is 0 Å². The van der Waals surface area contributed by atoms with Gasteiger partial charge in [-0.3, -0.25) is 0 Å². The molecule has 0 aliphatic carbocycles. The van der Waals surface area contributed by atoms with Crippen LogP contribution in [-0.2, 0) is 11.3 Å². The molecule has 30 heavy (non-hydrogen) atoms. The van der Waals surface area contributed by atoms with Crippen LogP contribution in [0.1, 0.15) is 36.4 Å².